The third kappa shape index (κ3) is 3.26. The second-order valence-electron chi connectivity index (χ2n) is 4.13. The van der Waals surface area contributed by atoms with Crippen molar-refractivity contribution in [2.75, 3.05) is 18.4 Å². The molecule has 0 fully saturated rings. The molecule has 3 N–H and O–H groups in total. The van der Waals surface area contributed by atoms with E-state index in [1.807, 2.05) is 6.92 Å². The zero-order valence-corrected chi connectivity index (χ0v) is 10.9. The number of nitrogens with zero attached hydrogens (tertiary/aromatic N) is 2. The molecule has 0 radical (unpaired) electrons. The maximum absolute atomic E-state index is 12.9. The average molecular weight is 260 g/mol. The lowest BCUT2D eigenvalue weighted by Crippen LogP contribution is -2.15. The van der Waals surface area contributed by atoms with E-state index in [2.05, 4.69) is 15.3 Å². The van der Waals surface area contributed by atoms with E-state index < -0.39 is 0 Å². The van der Waals surface area contributed by atoms with Gasteiger partial charge in [0, 0.05) is 18.7 Å². The highest BCUT2D eigenvalue weighted by atomic mass is 19.1. The summed E-state index contributed by atoms with van der Waals surface area (Å²) in [6.07, 6.45) is 2.55. The summed E-state index contributed by atoms with van der Waals surface area (Å²) < 4.78 is 12.9. The van der Waals surface area contributed by atoms with Gasteiger partial charge in [-0.15, -0.1) is 0 Å². The topological polar surface area (TPSA) is 63.8 Å². The molecule has 2 rings (SSSR count). The molecule has 4 nitrogen and oxygen atoms in total. The highest BCUT2D eigenvalue weighted by molar-refractivity contribution is 5.58. The number of hydrogen-bond acceptors (Lipinski definition) is 4. The molecule has 2 aromatic rings. The molecule has 0 aliphatic carbocycles. The zero-order valence-electron chi connectivity index (χ0n) is 10.9. The Kier molecular flexibility index (Phi) is 4.41. The van der Waals surface area contributed by atoms with Crippen molar-refractivity contribution in [1.29, 1.82) is 0 Å². The molecular formula is C14H17FN4. The molecule has 0 spiro atoms. The Bertz CT molecular complexity index is 540. The van der Waals surface area contributed by atoms with Crippen LogP contribution >= 0.6 is 0 Å². The van der Waals surface area contributed by atoms with Crippen molar-refractivity contribution < 1.29 is 4.39 Å². The first-order chi connectivity index (χ1) is 9.24. The molecular weight excluding hydrogens is 243 g/mol. The predicted molar refractivity (Wildman–Crippen MR) is 74.3 cm³/mol. The Balaban J connectivity index is 2.30. The van der Waals surface area contributed by atoms with Gasteiger partial charge in [-0.1, -0.05) is 6.92 Å². The Morgan fingerprint density at radius 2 is 2.00 bits per heavy atom. The minimum absolute atomic E-state index is 0.263. The van der Waals surface area contributed by atoms with Gasteiger partial charge in [0.15, 0.2) is 5.82 Å². The maximum Gasteiger partial charge on any atom is 0.159 e. The summed E-state index contributed by atoms with van der Waals surface area (Å²) >= 11 is 0. The first-order valence-electron chi connectivity index (χ1n) is 6.30. The van der Waals surface area contributed by atoms with Crippen molar-refractivity contribution in [2.45, 2.75) is 13.3 Å². The number of aromatic nitrogens is 2. The molecule has 1 aromatic heterocycles. The van der Waals surface area contributed by atoms with E-state index in [1.54, 1.807) is 18.3 Å². The van der Waals surface area contributed by atoms with E-state index in [9.17, 15) is 4.39 Å². The number of anilines is 1. The van der Waals surface area contributed by atoms with Gasteiger partial charge in [0.2, 0.25) is 0 Å². The second kappa shape index (κ2) is 6.24. The van der Waals surface area contributed by atoms with Crippen molar-refractivity contribution in [3.63, 3.8) is 0 Å². The fraction of sp³-hybridized carbons (Fsp3) is 0.286. The van der Waals surface area contributed by atoms with E-state index in [0.717, 1.165) is 23.4 Å². The fourth-order valence-electron chi connectivity index (χ4n) is 1.78. The molecule has 0 amide bonds. The molecule has 5 heteroatoms. The van der Waals surface area contributed by atoms with Gasteiger partial charge in [-0.3, -0.25) is 0 Å². The Labute approximate surface area is 111 Å². The lowest BCUT2D eigenvalue weighted by atomic mass is 10.2. The van der Waals surface area contributed by atoms with Crippen LogP contribution in [0.1, 0.15) is 12.6 Å². The van der Waals surface area contributed by atoms with Crippen LogP contribution in [0, 0.1) is 5.82 Å². The number of nitrogens with one attached hydrogen (secondary N) is 1. The molecule has 0 atom stereocenters. The summed E-state index contributed by atoms with van der Waals surface area (Å²) in [5, 5.41) is 3.19. The Morgan fingerprint density at radius 1 is 1.26 bits per heavy atom. The fourth-order valence-corrected chi connectivity index (χ4v) is 1.78. The summed E-state index contributed by atoms with van der Waals surface area (Å²) in [6.45, 7) is 3.28. The molecule has 100 valence electrons. The molecule has 0 saturated carbocycles. The maximum atomic E-state index is 12.9. The highest BCUT2D eigenvalue weighted by Gasteiger charge is 2.07. The van der Waals surface area contributed by atoms with Crippen LogP contribution < -0.4 is 11.1 Å². The van der Waals surface area contributed by atoms with Gasteiger partial charge in [-0.2, -0.15) is 0 Å². The summed E-state index contributed by atoms with van der Waals surface area (Å²) in [6, 6.07) is 6.17. The zero-order chi connectivity index (χ0) is 13.7. The van der Waals surface area contributed by atoms with Crippen LogP contribution in [-0.4, -0.2) is 23.1 Å². The van der Waals surface area contributed by atoms with Gasteiger partial charge in [-0.05, 0) is 30.7 Å². The van der Waals surface area contributed by atoms with Crippen LogP contribution in [0.3, 0.4) is 0 Å². The van der Waals surface area contributed by atoms with Crippen LogP contribution in [0.2, 0.25) is 0 Å². The van der Waals surface area contributed by atoms with Crippen molar-refractivity contribution in [3.8, 4) is 11.4 Å². The number of rotatable bonds is 5. The standard InChI is InChI=1S/C14H17FN4/c1-2-12-13(17-8-7-16)9-18-14(19-12)10-3-5-11(15)6-4-10/h3-6,9,17H,2,7-8,16H2,1H3. The number of benzene rings is 1. The molecule has 19 heavy (non-hydrogen) atoms. The van der Waals surface area contributed by atoms with Crippen LogP contribution in [0.15, 0.2) is 30.5 Å². The first-order valence-corrected chi connectivity index (χ1v) is 6.30. The average Bonchev–Trinajstić information content (AvgIpc) is 2.46. The quantitative estimate of drug-likeness (QED) is 0.865. The van der Waals surface area contributed by atoms with E-state index in [1.165, 1.54) is 12.1 Å². The smallest absolute Gasteiger partial charge is 0.159 e. The molecule has 1 heterocycles. The van der Waals surface area contributed by atoms with Crippen LogP contribution in [0.25, 0.3) is 11.4 Å². The van der Waals surface area contributed by atoms with Crippen LogP contribution in [0.4, 0.5) is 10.1 Å². The number of halogens is 1. The molecule has 0 aliphatic rings. The third-order valence-corrected chi connectivity index (χ3v) is 2.76. The van der Waals surface area contributed by atoms with Crippen molar-refractivity contribution in [3.05, 3.63) is 42.0 Å². The largest absolute Gasteiger partial charge is 0.381 e. The summed E-state index contributed by atoms with van der Waals surface area (Å²) in [5.74, 6) is 0.343. The van der Waals surface area contributed by atoms with Gasteiger partial charge in [0.1, 0.15) is 5.82 Å². The van der Waals surface area contributed by atoms with Gasteiger partial charge >= 0.3 is 0 Å². The molecule has 0 unspecified atom stereocenters. The predicted octanol–water partition coefficient (Wildman–Crippen LogP) is 2.22. The second-order valence-corrected chi connectivity index (χ2v) is 4.13. The lowest BCUT2D eigenvalue weighted by Gasteiger charge is -2.10. The van der Waals surface area contributed by atoms with Gasteiger partial charge in [-0.25, -0.2) is 14.4 Å². The van der Waals surface area contributed by atoms with E-state index >= 15 is 0 Å². The van der Waals surface area contributed by atoms with Gasteiger partial charge < -0.3 is 11.1 Å². The normalized spacial score (nSPS) is 10.5. The number of hydrogen-bond donors (Lipinski definition) is 2. The number of nitrogens with two attached hydrogens (primary N) is 1. The van der Waals surface area contributed by atoms with E-state index in [-0.39, 0.29) is 5.82 Å². The van der Waals surface area contributed by atoms with Gasteiger partial charge in [0.05, 0.1) is 17.6 Å². The minimum Gasteiger partial charge on any atom is -0.381 e. The Morgan fingerprint density at radius 3 is 2.63 bits per heavy atom. The van der Waals surface area contributed by atoms with Crippen molar-refractivity contribution in [1.82, 2.24) is 9.97 Å². The lowest BCUT2D eigenvalue weighted by molar-refractivity contribution is 0.628. The molecule has 0 bridgehead atoms. The third-order valence-electron chi connectivity index (χ3n) is 2.76. The minimum atomic E-state index is -0.263. The summed E-state index contributed by atoms with van der Waals surface area (Å²) in [5.41, 5.74) is 8.11. The van der Waals surface area contributed by atoms with Crippen molar-refractivity contribution >= 4 is 5.69 Å². The molecule has 0 aliphatic heterocycles. The SMILES string of the molecule is CCc1nc(-c2ccc(F)cc2)ncc1NCCN. The highest BCUT2D eigenvalue weighted by Crippen LogP contribution is 2.19. The van der Waals surface area contributed by atoms with E-state index in [4.69, 9.17) is 5.73 Å². The number of aryl methyl sites for hydroxylation is 1. The first kappa shape index (κ1) is 13.4. The van der Waals surface area contributed by atoms with Gasteiger partial charge in [0.25, 0.3) is 0 Å². The van der Waals surface area contributed by atoms with Crippen LogP contribution in [-0.2, 0) is 6.42 Å². The summed E-state index contributed by atoms with van der Waals surface area (Å²) in [7, 11) is 0. The van der Waals surface area contributed by atoms with Crippen LogP contribution in [0.5, 0.6) is 0 Å². The molecule has 1 aromatic carbocycles. The van der Waals surface area contributed by atoms with E-state index in [0.29, 0.717) is 18.9 Å². The van der Waals surface area contributed by atoms with Crippen molar-refractivity contribution in [2.24, 2.45) is 5.73 Å². The summed E-state index contributed by atoms with van der Waals surface area (Å²) in [4.78, 5) is 8.81. The Hall–Kier alpha value is -2.01. The molecule has 0 saturated heterocycles. The monoisotopic (exact) mass is 260 g/mol.